The molecule has 4 rings (SSSR count). The fourth-order valence-electron chi connectivity index (χ4n) is 3.90. The minimum Gasteiger partial charge on any atom is -0.497 e. The number of carbonyl (C=O) groups is 3. The average Bonchev–Trinajstić information content (AvgIpc) is 3.03. The van der Waals surface area contributed by atoms with Gasteiger partial charge in [-0.2, -0.15) is 13.2 Å². The molecule has 12 heteroatoms. The number of hydrogen-bond donors (Lipinski definition) is 1. The standard InChI is InChI=1S/C26H23F3N4O4S/c1-25(2)23(35)33(18-7-9-20(10-8-18)38-26(27,28)29)24(36)32(25)15-16-11-12-30-21(13-16)31-22(34)17-5-4-6-19(14-17)37-3/h4-14H,15H2,1-3H3,(H,30,31,34). The van der Waals surface area contributed by atoms with E-state index in [1.54, 1.807) is 50.2 Å². The lowest BCUT2D eigenvalue weighted by molar-refractivity contribution is -0.123. The lowest BCUT2D eigenvalue weighted by Gasteiger charge is -2.27. The molecular formula is C26H23F3N4O4S. The number of alkyl halides is 3. The summed E-state index contributed by atoms with van der Waals surface area (Å²) in [6.07, 6.45) is 1.47. The molecule has 1 fully saturated rings. The summed E-state index contributed by atoms with van der Waals surface area (Å²) in [5, 5.41) is 2.70. The zero-order chi connectivity index (χ0) is 27.7. The number of anilines is 2. The number of urea groups is 1. The number of imide groups is 1. The molecule has 1 aromatic heterocycles. The van der Waals surface area contributed by atoms with Crippen molar-refractivity contribution in [2.75, 3.05) is 17.3 Å². The van der Waals surface area contributed by atoms with Crippen LogP contribution < -0.4 is 15.0 Å². The third-order valence-electron chi connectivity index (χ3n) is 5.89. The molecule has 38 heavy (non-hydrogen) atoms. The predicted octanol–water partition coefficient (Wildman–Crippen LogP) is 5.70. The first-order chi connectivity index (χ1) is 17.9. The SMILES string of the molecule is COc1cccc(C(=O)Nc2cc(CN3C(=O)N(c4ccc(SC(F)(F)F)cc4)C(=O)C3(C)C)ccn2)c1. The fraction of sp³-hybridized carbons (Fsp3) is 0.231. The molecule has 1 saturated heterocycles. The summed E-state index contributed by atoms with van der Waals surface area (Å²) in [6, 6.07) is 14.3. The molecule has 1 aliphatic rings. The van der Waals surface area contributed by atoms with E-state index in [9.17, 15) is 27.6 Å². The number of aromatic nitrogens is 1. The number of hydrogen-bond acceptors (Lipinski definition) is 6. The summed E-state index contributed by atoms with van der Waals surface area (Å²) in [7, 11) is 1.50. The van der Waals surface area contributed by atoms with E-state index in [4.69, 9.17) is 4.74 Å². The Bertz CT molecular complexity index is 1380. The Morgan fingerprint density at radius 2 is 1.79 bits per heavy atom. The lowest BCUT2D eigenvalue weighted by Crippen LogP contribution is -2.43. The largest absolute Gasteiger partial charge is 0.497 e. The Morgan fingerprint density at radius 1 is 1.08 bits per heavy atom. The van der Waals surface area contributed by atoms with Crippen molar-refractivity contribution in [2.45, 2.75) is 36.3 Å². The Hall–Kier alpha value is -4.06. The summed E-state index contributed by atoms with van der Waals surface area (Å²) >= 11 is -0.279. The molecule has 198 valence electrons. The van der Waals surface area contributed by atoms with E-state index < -0.39 is 28.9 Å². The highest BCUT2D eigenvalue weighted by Crippen LogP contribution is 2.39. The molecule has 4 amide bonds. The molecule has 8 nitrogen and oxygen atoms in total. The van der Waals surface area contributed by atoms with Gasteiger partial charge < -0.3 is 15.0 Å². The van der Waals surface area contributed by atoms with E-state index in [2.05, 4.69) is 10.3 Å². The Morgan fingerprint density at radius 3 is 2.45 bits per heavy atom. The number of carbonyl (C=O) groups excluding carboxylic acids is 3. The molecular weight excluding hydrogens is 521 g/mol. The van der Waals surface area contributed by atoms with Gasteiger partial charge in [-0.25, -0.2) is 14.7 Å². The monoisotopic (exact) mass is 544 g/mol. The van der Waals surface area contributed by atoms with Crippen molar-refractivity contribution in [3.8, 4) is 5.75 Å². The maximum Gasteiger partial charge on any atom is 0.446 e. The van der Waals surface area contributed by atoms with Gasteiger partial charge in [0.05, 0.1) is 12.8 Å². The van der Waals surface area contributed by atoms with Crippen LogP contribution in [0.4, 0.5) is 29.5 Å². The summed E-state index contributed by atoms with van der Waals surface area (Å²) in [5.41, 5.74) is -4.54. The summed E-state index contributed by atoms with van der Waals surface area (Å²) < 4.78 is 43.1. The second kappa shape index (κ2) is 10.4. The van der Waals surface area contributed by atoms with Crippen LogP contribution in [0.5, 0.6) is 5.75 Å². The second-order valence-corrected chi connectivity index (χ2v) is 9.98. The number of nitrogens with one attached hydrogen (secondary N) is 1. The van der Waals surface area contributed by atoms with Gasteiger partial charge in [-0.3, -0.25) is 9.59 Å². The topological polar surface area (TPSA) is 91.8 Å². The van der Waals surface area contributed by atoms with Gasteiger partial charge in [0.2, 0.25) is 0 Å². The van der Waals surface area contributed by atoms with Crippen LogP contribution in [0.2, 0.25) is 0 Å². The van der Waals surface area contributed by atoms with Crippen molar-refractivity contribution in [1.29, 1.82) is 0 Å². The van der Waals surface area contributed by atoms with Crippen LogP contribution in [0, 0.1) is 0 Å². The number of rotatable bonds is 7. The Balaban J connectivity index is 1.51. The number of halogens is 3. The van der Waals surface area contributed by atoms with Gasteiger partial charge in [0.15, 0.2) is 0 Å². The van der Waals surface area contributed by atoms with Crippen molar-refractivity contribution in [1.82, 2.24) is 9.88 Å². The quantitative estimate of drug-likeness (QED) is 0.303. The fourth-order valence-corrected chi connectivity index (χ4v) is 4.44. The van der Waals surface area contributed by atoms with E-state index in [-0.39, 0.29) is 34.7 Å². The molecule has 0 spiro atoms. The van der Waals surface area contributed by atoms with Crippen LogP contribution in [0.3, 0.4) is 0 Å². The number of methoxy groups -OCH3 is 1. The molecule has 0 aliphatic carbocycles. The highest BCUT2D eigenvalue weighted by molar-refractivity contribution is 8.00. The molecule has 0 bridgehead atoms. The van der Waals surface area contributed by atoms with E-state index >= 15 is 0 Å². The maximum absolute atomic E-state index is 13.3. The van der Waals surface area contributed by atoms with Gasteiger partial charge in [-0.15, -0.1) is 0 Å². The minimum absolute atomic E-state index is 0.0284. The van der Waals surface area contributed by atoms with Gasteiger partial charge in [-0.1, -0.05) is 6.07 Å². The third kappa shape index (κ3) is 5.75. The maximum atomic E-state index is 13.3. The predicted molar refractivity (Wildman–Crippen MR) is 136 cm³/mol. The molecule has 1 aliphatic heterocycles. The number of nitrogens with zero attached hydrogens (tertiary/aromatic N) is 3. The van der Waals surface area contributed by atoms with Crippen LogP contribution in [-0.4, -0.2) is 45.9 Å². The molecule has 1 N–H and O–H groups in total. The van der Waals surface area contributed by atoms with E-state index in [1.165, 1.54) is 42.5 Å². The minimum atomic E-state index is -4.45. The number of pyridine rings is 1. The second-order valence-electron chi connectivity index (χ2n) is 8.85. The highest BCUT2D eigenvalue weighted by Gasteiger charge is 2.51. The van der Waals surface area contributed by atoms with Crippen LogP contribution in [0.25, 0.3) is 0 Å². The molecule has 3 aromatic rings. The van der Waals surface area contributed by atoms with Gasteiger partial charge >= 0.3 is 11.5 Å². The number of amides is 4. The Labute approximate surface area is 220 Å². The van der Waals surface area contributed by atoms with Gasteiger partial charge in [0.25, 0.3) is 11.8 Å². The van der Waals surface area contributed by atoms with Gasteiger partial charge in [0, 0.05) is 23.2 Å². The Kier molecular flexibility index (Phi) is 7.36. The molecule has 0 saturated carbocycles. The van der Waals surface area contributed by atoms with Crippen molar-refractivity contribution in [3.05, 3.63) is 78.0 Å². The molecule has 2 heterocycles. The lowest BCUT2D eigenvalue weighted by atomic mass is 10.0. The molecule has 0 radical (unpaired) electrons. The summed E-state index contributed by atoms with van der Waals surface area (Å²) in [4.78, 5) is 45.5. The first-order valence-corrected chi connectivity index (χ1v) is 12.1. The normalized spacial score (nSPS) is 15.1. The van der Waals surface area contributed by atoms with Crippen molar-refractivity contribution >= 4 is 41.1 Å². The number of benzene rings is 2. The molecule has 0 atom stereocenters. The van der Waals surface area contributed by atoms with Crippen LogP contribution in [0.1, 0.15) is 29.8 Å². The third-order valence-corrected chi connectivity index (χ3v) is 6.63. The van der Waals surface area contributed by atoms with Crippen molar-refractivity contribution in [2.24, 2.45) is 0 Å². The van der Waals surface area contributed by atoms with E-state index in [0.29, 0.717) is 16.9 Å². The number of ether oxygens (including phenoxy) is 1. The molecule has 0 unspecified atom stereocenters. The molecule has 2 aromatic carbocycles. The smallest absolute Gasteiger partial charge is 0.446 e. The first-order valence-electron chi connectivity index (χ1n) is 11.3. The van der Waals surface area contributed by atoms with E-state index in [0.717, 1.165) is 4.90 Å². The summed E-state index contributed by atoms with van der Waals surface area (Å²) in [5.74, 6) is -0.142. The number of thioether (sulfide) groups is 1. The highest BCUT2D eigenvalue weighted by atomic mass is 32.2. The van der Waals surface area contributed by atoms with E-state index in [1.807, 2.05) is 0 Å². The average molecular weight is 545 g/mol. The van der Waals surface area contributed by atoms with Crippen LogP contribution in [0.15, 0.2) is 71.8 Å². The zero-order valence-electron chi connectivity index (χ0n) is 20.6. The zero-order valence-corrected chi connectivity index (χ0v) is 21.4. The van der Waals surface area contributed by atoms with Gasteiger partial charge in [-0.05, 0) is 85.8 Å². The van der Waals surface area contributed by atoms with Crippen molar-refractivity contribution < 1.29 is 32.3 Å². The summed E-state index contributed by atoms with van der Waals surface area (Å²) in [6.45, 7) is 3.21. The van der Waals surface area contributed by atoms with Crippen molar-refractivity contribution in [3.63, 3.8) is 0 Å². The van der Waals surface area contributed by atoms with Crippen LogP contribution in [-0.2, 0) is 11.3 Å². The van der Waals surface area contributed by atoms with Gasteiger partial charge in [0.1, 0.15) is 17.1 Å². The van der Waals surface area contributed by atoms with Crippen LogP contribution >= 0.6 is 11.8 Å². The first kappa shape index (κ1) is 27.0.